The molecular formula is C15H18FN3O3S. The number of hydrogen-bond acceptors (Lipinski definition) is 5. The van der Waals surface area contributed by atoms with E-state index >= 15 is 0 Å². The fourth-order valence-corrected chi connectivity index (χ4v) is 2.65. The van der Waals surface area contributed by atoms with Gasteiger partial charge in [0.05, 0.1) is 0 Å². The third-order valence-corrected chi connectivity index (χ3v) is 4.66. The lowest BCUT2D eigenvalue weighted by Crippen LogP contribution is -2.29. The molecule has 0 radical (unpaired) electrons. The number of carbonyl (C=O) groups excluding carboxylic acids is 1. The number of hydrogen-bond donors (Lipinski definition) is 1. The summed E-state index contributed by atoms with van der Waals surface area (Å²) in [5.74, 6) is -0.0422. The number of nitrogens with zero attached hydrogens (tertiary/aromatic N) is 2. The summed E-state index contributed by atoms with van der Waals surface area (Å²) in [6.45, 7) is 5.37. The topological polar surface area (TPSA) is 85.1 Å². The largest absolute Gasteiger partial charge is 0.338 e. The molecule has 0 unspecified atom stereocenters. The summed E-state index contributed by atoms with van der Waals surface area (Å²) < 4.78 is 30.4. The molecule has 0 fully saturated rings. The maximum absolute atomic E-state index is 13.1. The van der Waals surface area contributed by atoms with E-state index in [1.807, 2.05) is 13.8 Å². The molecule has 0 spiro atoms. The second-order valence-corrected chi connectivity index (χ2v) is 7.13. The van der Waals surface area contributed by atoms with Crippen molar-refractivity contribution in [3.8, 4) is 0 Å². The summed E-state index contributed by atoms with van der Waals surface area (Å²) in [5, 5.41) is 5.52. The van der Waals surface area contributed by atoms with Gasteiger partial charge in [0.15, 0.2) is 5.82 Å². The first-order chi connectivity index (χ1) is 10.9. The summed E-state index contributed by atoms with van der Waals surface area (Å²) in [7, 11) is -1.53. The van der Waals surface area contributed by atoms with Gasteiger partial charge in [-0.25, -0.2) is 4.39 Å². The summed E-state index contributed by atoms with van der Waals surface area (Å²) in [4.78, 5) is 16.2. The van der Waals surface area contributed by atoms with Gasteiger partial charge in [0.2, 0.25) is 11.8 Å². The lowest BCUT2D eigenvalue weighted by molar-refractivity contribution is -0.115. The van der Waals surface area contributed by atoms with Gasteiger partial charge in [-0.2, -0.15) is 4.98 Å². The Kier molecular flexibility index (Phi) is 5.59. The molecule has 2 aromatic rings. The first-order valence-electron chi connectivity index (χ1n) is 7.13. The molecule has 1 N–H and O–H groups in total. The number of anilines is 1. The van der Waals surface area contributed by atoms with Crippen molar-refractivity contribution in [2.75, 3.05) is 5.32 Å². The van der Waals surface area contributed by atoms with Crippen LogP contribution in [0.25, 0.3) is 0 Å². The lowest BCUT2D eigenvalue weighted by atomic mass is 10.2. The monoisotopic (exact) mass is 339 g/mol. The van der Waals surface area contributed by atoms with E-state index in [4.69, 9.17) is 4.52 Å². The molecular weight excluding hydrogens is 321 g/mol. The fraction of sp³-hybridized carbons (Fsp3) is 0.400. The van der Waals surface area contributed by atoms with E-state index in [9.17, 15) is 13.4 Å². The third-order valence-electron chi connectivity index (χ3n) is 3.12. The highest BCUT2D eigenvalue weighted by molar-refractivity contribution is 7.85. The predicted octanol–water partition coefficient (Wildman–Crippen LogP) is 2.61. The average Bonchev–Trinajstić information content (AvgIpc) is 2.95. The van der Waals surface area contributed by atoms with Crippen LogP contribution in [0.3, 0.4) is 0 Å². The van der Waals surface area contributed by atoms with Gasteiger partial charge in [-0.1, -0.05) is 25.1 Å². The van der Waals surface area contributed by atoms with Crippen LogP contribution in [-0.4, -0.2) is 25.5 Å². The van der Waals surface area contributed by atoms with Crippen LogP contribution in [-0.2, 0) is 21.3 Å². The van der Waals surface area contributed by atoms with Crippen molar-refractivity contribution in [3.63, 3.8) is 0 Å². The number of amides is 1. The number of aromatic nitrogens is 2. The normalized spacial score (nSPS) is 13.8. The summed E-state index contributed by atoms with van der Waals surface area (Å²) >= 11 is 0. The van der Waals surface area contributed by atoms with E-state index in [0.29, 0.717) is 11.5 Å². The first-order valence-corrected chi connectivity index (χ1v) is 8.51. The van der Waals surface area contributed by atoms with E-state index in [2.05, 4.69) is 15.5 Å². The van der Waals surface area contributed by atoms with Crippen molar-refractivity contribution >= 4 is 22.4 Å². The van der Waals surface area contributed by atoms with Crippen LogP contribution in [0.4, 0.5) is 10.1 Å². The highest BCUT2D eigenvalue weighted by atomic mass is 32.2. The van der Waals surface area contributed by atoms with Gasteiger partial charge in [0.1, 0.15) is 16.8 Å². The van der Waals surface area contributed by atoms with Gasteiger partial charge >= 0.3 is 0 Å². The summed E-state index contributed by atoms with van der Waals surface area (Å²) in [6.07, 6.45) is 0. The van der Waals surface area contributed by atoms with E-state index < -0.39 is 27.8 Å². The summed E-state index contributed by atoms with van der Waals surface area (Å²) in [5.41, 5.74) is 0.318. The molecule has 0 saturated carbocycles. The minimum atomic E-state index is -1.53. The molecule has 0 bridgehead atoms. The van der Waals surface area contributed by atoms with Gasteiger partial charge < -0.3 is 9.84 Å². The molecule has 0 aliphatic rings. The van der Waals surface area contributed by atoms with Gasteiger partial charge in [-0.3, -0.25) is 9.00 Å². The Bertz CT molecular complexity index is 717. The van der Waals surface area contributed by atoms with Crippen LogP contribution in [0.15, 0.2) is 28.8 Å². The van der Waals surface area contributed by atoms with Crippen molar-refractivity contribution < 1.29 is 17.9 Å². The molecule has 1 amide bonds. The van der Waals surface area contributed by atoms with Crippen molar-refractivity contribution in [2.45, 2.75) is 37.7 Å². The number of carbonyl (C=O) groups is 1. The second-order valence-electron chi connectivity index (χ2n) is 5.37. The Hall–Kier alpha value is -2.09. The molecule has 124 valence electrons. The molecule has 2 rings (SSSR count). The zero-order valence-electron chi connectivity index (χ0n) is 13.1. The van der Waals surface area contributed by atoms with E-state index in [1.165, 1.54) is 25.1 Å². The number of rotatable bonds is 6. The Balaban J connectivity index is 1.96. The average molecular weight is 339 g/mol. The van der Waals surface area contributed by atoms with Crippen LogP contribution in [0.2, 0.25) is 0 Å². The van der Waals surface area contributed by atoms with Crippen LogP contribution >= 0.6 is 0 Å². The third kappa shape index (κ3) is 4.69. The van der Waals surface area contributed by atoms with E-state index in [0.717, 1.165) is 0 Å². The summed E-state index contributed by atoms with van der Waals surface area (Å²) in [6, 6.07) is 5.52. The zero-order chi connectivity index (χ0) is 17.0. The number of halogens is 1. The molecule has 0 aliphatic heterocycles. The van der Waals surface area contributed by atoms with Gasteiger partial charge in [-0.05, 0) is 25.1 Å². The maximum Gasteiger partial charge on any atom is 0.239 e. The van der Waals surface area contributed by atoms with Crippen LogP contribution in [0.1, 0.15) is 38.4 Å². The van der Waals surface area contributed by atoms with Crippen LogP contribution < -0.4 is 5.32 Å². The lowest BCUT2D eigenvalue weighted by Gasteiger charge is -2.11. The molecule has 1 heterocycles. The maximum atomic E-state index is 13.1. The Morgan fingerprint density at radius 3 is 2.74 bits per heavy atom. The molecule has 0 aliphatic carbocycles. The Morgan fingerprint density at radius 2 is 2.13 bits per heavy atom. The first kappa shape index (κ1) is 17.3. The van der Waals surface area contributed by atoms with Crippen molar-refractivity contribution in [1.82, 2.24) is 10.1 Å². The smallest absolute Gasteiger partial charge is 0.239 e. The SMILES string of the molecule is CC(C)c1noc(C[S@](=O)[C@H](C)C(=O)Nc2cccc(F)c2)n1. The Morgan fingerprint density at radius 1 is 1.39 bits per heavy atom. The minimum absolute atomic E-state index is 0.00252. The number of benzene rings is 1. The Labute approximate surface area is 135 Å². The molecule has 6 nitrogen and oxygen atoms in total. The van der Waals surface area contributed by atoms with Gasteiger partial charge in [0, 0.05) is 22.4 Å². The quantitative estimate of drug-likeness (QED) is 0.874. The minimum Gasteiger partial charge on any atom is -0.338 e. The number of nitrogens with one attached hydrogen (secondary N) is 1. The highest BCUT2D eigenvalue weighted by Gasteiger charge is 2.23. The van der Waals surface area contributed by atoms with Gasteiger partial charge in [0.25, 0.3) is 0 Å². The van der Waals surface area contributed by atoms with Crippen LogP contribution in [0.5, 0.6) is 0 Å². The van der Waals surface area contributed by atoms with Gasteiger partial charge in [-0.15, -0.1) is 0 Å². The molecule has 0 saturated heterocycles. The molecule has 8 heteroatoms. The molecule has 1 aromatic heterocycles. The standard InChI is InChI=1S/C15H18FN3O3S/c1-9(2)14-18-13(22-19-14)8-23(21)10(3)15(20)17-12-6-4-5-11(16)7-12/h4-7,9-10H,8H2,1-3H3,(H,17,20)/t10-,23+/m1/s1. The van der Waals surface area contributed by atoms with Crippen molar-refractivity contribution in [2.24, 2.45) is 0 Å². The second kappa shape index (κ2) is 7.45. The molecule has 1 aromatic carbocycles. The molecule has 23 heavy (non-hydrogen) atoms. The van der Waals surface area contributed by atoms with E-state index in [-0.39, 0.29) is 17.6 Å². The predicted molar refractivity (Wildman–Crippen MR) is 84.7 cm³/mol. The molecule has 2 atom stereocenters. The van der Waals surface area contributed by atoms with Crippen molar-refractivity contribution in [3.05, 3.63) is 41.8 Å². The van der Waals surface area contributed by atoms with Crippen LogP contribution in [0, 0.1) is 5.82 Å². The van der Waals surface area contributed by atoms with E-state index in [1.54, 1.807) is 6.07 Å². The van der Waals surface area contributed by atoms with Crippen molar-refractivity contribution in [1.29, 1.82) is 0 Å². The fourth-order valence-electron chi connectivity index (χ4n) is 1.74. The highest BCUT2D eigenvalue weighted by Crippen LogP contribution is 2.14. The zero-order valence-corrected chi connectivity index (χ0v) is 13.9.